The van der Waals surface area contributed by atoms with Gasteiger partial charge >= 0.3 is 0 Å². The molecule has 172 valence electrons. The molecule has 2 heterocycles. The first-order chi connectivity index (χ1) is 15.7. The molecular weight excluding hydrogens is 473 g/mol. The standard InChI is InChI=1S/C13H18N2S2.C11H14N2S2/c1-3-9-15(10-4-2)17-13-14-11-7-5-6-8-12(11)16-13;1-3-13(4-2)15-11-12-9-7-5-6-8-10(9)14-11/h5-8H,3-4,9-10H2,1-2H3;5-8H,3-4H2,1-2H3. The van der Waals surface area contributed by atoms with Crippen molar-refractivity contribution >= 4 is 67.0 Å². The maximum atomic E-state index is 4.66. The van der Waals surface area contributed by atoms with E-state index in [-0.39, 0.29) is 0 Å². The van der Waals surface area contributed by atoms with Gasteiger partial charge in [-0.15, -0.1) is 22.7 Å². The van der Waals surface area contributed by atoms with E-state index in [0.717, 1.165) is 45.9 Å². The van der Waals surface area contributed by atoms with E-state index in [1.807, 2.05) is 12.1 Å². The molecule has 0 aliphatic heterocycles. The molecule has 0 aliphatic carbocycles. The van der Waals surface area contributed by atoms with Crippen molar-refractivity contribution < 1.29 is 0 Å². The van der Waals surface area contributed by atoms with Gasteiger partial charge in [0.25, 0.3) is 0 Å². The highest BCUT2D eigenvalue weighted by Crippen LogP contribution is 2.32. The summed E-state index contributed by atoms with van der Waals surface area (Å²) in [6.07, 6.45) is 2.38. The lowest BCUT2D eigenvalue weighted by molar-refractivity contribution is 0.467. The average Bonchev–Trinajstić information content (AvgIpc) is 3.41. The zero-order chi connectivity index (χ0) is 22.8. The van der Waals surface area contributed by atoms with Crippen LogP contribution in [0.5, 0.6) is 0 Å². The molecular formula is C24H32N4S4. The van der Waals surface area contributed by atoms with Crippen LogP contribution in [0.15, 0.2) is 57.2 Å². The molecule has 2 aromatic carbocycles. The maximum absolute atomic E-state index is 4.66. The number of fused-ring (bicyclic) bond motifs is 2. The summed E-state index contributed by atoms with van der Waals surface area (Å²) in [5.41, 5.74) is 2.23. The van der Waals surface area contributed by atoms with E-state index in [2.05, 4.69) is 82.7 Å². The normalized spacial score (nSPS) is 11.4. The van der Waals surface area contributed by atoms with Crippen molar-refractivity contribution in [2.45, 2.75) is 49.2 Å². The van der Waals surface area contributed by atoms with Crippen LogP contribution in [0.1, 0.15) is 40.5 Å². The van der Waals surface area contributed by atoms with Crippen molar-refractivity contribution in [2.24, 2.45) is 0 Å². The molecule has 0 aliphatic rings. The van der Waals surface area contributed by atoms with Crippen LogP contribution in [-0.4, -0.2) is 44.8 Å². The van der Waals surface area contributed by atoms with E-state index in [0.29, 0.717) is 0 Å². The fourth-order valence-corrected chi connectivity index (χ4v) is 7.44. The van der Waals surface area contributed by atoms with Gasteiger partial charge in [-0.25, -0.2) is 18.6 Å². The lowest BCUT2D eigenvalue weighted by Gasteiger charge is -2.17. The summed E-state index contributed by atoms with van der Waals surface area (Å²) in [6.45, 7) is 13.2. The number of rotatable bonds is 10. The topological polar surface area (TPSA) is 32.3 Å². The van der Waals surface area contributed by atoms with Gasteiger partial charge in [-0.1, -0.05) is 52.0 Å². The molecule has 8 heteroatoms. The Morgan fingerprint density at radius 3 is 1.50 bits per heavy atom. The summed E-state index contributed by atoms with van der Waals surface area (Å²) in [5, 5.41) is 0. The summed E-state index contributed by atoms with van der Waals surface area (Å²) in [7, 11) is 0. The molecule has 0 spiro atoms. The Balaban J connectivity index is 0.000000182. The van der Waals surface area contributed by atoms with Gasteiger partial charge in [0.15, 0.2) is 8.68 Å². The summed E-state index contributed by atoms with van der Waals surface area (Å²) in [5.74, 6) is 0. The Labute approximate surface area is 208 Å². The minimum Gasteiger partial charge on any atom is -0.245 e. The van der Waals surface area contributed by atoms with E-state index in [4.69, 9.17) is 0 Å². The highest BCUT2D eigenvalue weighted by atomic mass is 32.2. The fraction of sp³-hybridized carbons (Fsp3) is 0.417. The molecule has 4 nitrogen and oxygen atoms in total. The van der Waals surface area contributed by atoms with Crippen LogP contribution in [-0.2, 0) is 0 Å². The molecule has 0 atom stereocenters. The number of benzene rings is 2. The first-order valence-corrected chi connectivity index (χ1v) is 14.4. The van der Waals surface area contributed by atoms with Crippen molar-refractivity contribution in [1.82, 2.24) is 18.6 Å². The Hall–Kier alpha value is -1.16. The van der Waals surface area contributed by atoms with Gasteiger partial charge < -0.3 is 0 Å². The number of hydrogen-bond donors (Lipinski definition) is 0. The predicted molar refractivity (Wildman–Crippen MR) is 146 cm³/mol. The first-order valence-electron chi connectivity index (χ1n) is 11.2. The zero-order valence-electron chi connectivity index (χ0n) is 19.3. The minimum atomic E-state index is 1.05. The number of aromatic nitrogens is 2. The second-order valence-corrected chi connectivity index (χ2v) is 11.9. The number of hydrogen-bond acceptors (Lipinski definition) is 8. The Bertz CT molecular complexity index is 1000. The molecule has 0 amide bonds. The van der Waals surface area contributed by atoms with E-state index in [1.165, 1.54) is 22.2 Å². The predicted octanol–water partition coefficient (Wildman–Crippen LogP) is 8.07. The molecule has 0 saturated carbocycles. The van der Waals surface area contributed by atoms with Crippen LogP contribution in [0, 0.1) is 0 Å². The molecule has 0 radical (unpaired) electrons. The third kappa shape index (κ3) is 7.43. The Morgan fingerprint density at radius 1 is 0.656 bits per heavy atom. The van der Waals surface area contributed by atoms with Crippen LogP contribution in [0.3, 0.4) is 0 Å². The zero-order valence-corrected chi connectivity index (χ0v) is 22.5. The number of nitrogens with zero attached hydrogens (tertiary/aromatic N) is 4. The summed E-state index contributed by atoms with van der Waals surface area (Å²) >= 11 is 7.11. The second-order valence-electron chi connectivity index (χ2n) is 7.12. The number of para-hydroxylation sites is 2. The van der Waals surface area contributed by atoms with E-state index < -0.39 is 0 Å². The molecule has 0 fully saturated rings. The smallest absolute Gasteiger partial charge is 0.166 e. The van der Waals surface area contributed by atoms with Gasteiger partial charge in [0.2, 0.25) is 0 Å². The van der Waals surface area contributed by atoms with Crippen molar-refractivity contribution in [3.05, 3.63) is 48.5 Å². The Morgan fingerprint density at radius 2 is 1.09 bits per heavy atom. The minimum absolute atomic E-state index is 1.05. The van der Waals surface area contributed by atoms with E-state index in [9.17, 15) is 0 Å². The molecule has 4 aromatic rings. The van der Waals surface area contributed by atoms with E-state index in [1.54, 1.807) is 46.6 Å². The van der Waals surface area contributed by atoms with Crippen LogP contribution in [0.25, 0.3) is 20.4 Å². The average molecular weight is 505 g/mol. The summed E-state index contributed by atoms with van der Waals surface area (Å²) in [4.78, 5) is 9.25. The SMILES string of the molecule is CCCN(CCC)Sc1nc2ccccc2s1.CCN(CC)Sc1nc2ccccc2s1. The quantitative estimate of drug-likeness (QED) is 0.203. The highest BCUT2D eigenvalue weighted by molar-refractivity contribution is 7.99. The van der Waals surface area contributed by atoms with Crippen molar-refractivity contribution in [1.29, 1.82) is 0 Å². The Kier molecular flexibility index (Phi) is 10.8. The van der Waals surface area contributed by atoms with Crippen LogP contribution >= 0.6 is 46.6 Å². The van der Waals surface area contributed by atoms with Gasteiger partial charge in [-0.2, -0.15) is 0 Å². The van der Waals surface area contributed by atoms with Crippen molar-refractivity contribution in [3.63, 3.8) is 0 Å². The van der Waals surface area contributed by atoms with Gasteiger partial charge in [0, 0.05) is 26.2 Å². The third-order valence-electron chi connectivity index (χ3n) is 4.61. The lowest BCUT2D eigenvalue weighted by atomic mass is 10.3. The highest BCUT2D eigenvalue weighted by Gasteiger charge is 2.10. The summed E-state index contributed by atoms with van der Waals surface area (Å²) in [6, 6.07) is 16.6. The van der Waals surface area contributed by atoms with Crippen molar-refractivity contribution in [2.75, 3.05) is 26.2 Å². The fourth-order valence-electron chi connectivity index (χ4n) is 3.06. The number of thiazole rings is 2. The first kappa shape index (κ1) is 25.5. The maximum Gasteiger partial charge on any atom is 0.166 e. The van der Waals surface area contributed by atoms with Crippen LogP contribution < -0.4 is 0 Å². The molecule has 0 bridgehead atoms. The lowest BCUT2D eigenvalue weighted by Crippen LogP contribution is -2.17. The third-order valence-corrected chi connectivity index (χ3v) is 9.12. The second kappa shape index (κ2) is 13.5. The van der Waals surface area contributed by atoms with Gasteiger partial charge in [0.1, 0.15) is 0 Å². The van der Waals surface area contributed by atoms with Gasteiger partial charge in [-0.05, 0) is 61.0 Å². The van der Waals surface area contributed by atoms with E-state index >= 15 is 0 Å². The molecule has 0 unspecified atom stereocenters. The van der Waals surface area contributed by atoms with Gasteiger partial charge in [-0.3, -0.25) is 0 Å². The summed E-state index contributed by atoms with van der Waals surface area (Å²) < 4.78 is 9.57. The molecule has 32 heavy (non-hydrogen) atoms. The van der Waals surface area contributed by atoms with Gasteiger partial charge in [0.05, 0.1) is 20.4 Å². The largest absolute Gasteiger partial charge is 0.245 e. The molecule has 0 N–H and O–H groups in total. The van der Waals surface area contributed by atoms with Crippen LogP contribution in [0.4, 0.5) is 0 Å². The molecule has 4 rings (SSSR count). The van der Waals surface area contributed by atoms with Crippen molar-refractivity contribution in [3.8, 4) is 0 Å². The monoisotopic (exact) mass is 504 g/mol. The molecule has 2 aromatic heterocycles. The van der Waals surface area contributed by atoms with Crippen LogP contribution in [0.2, 0.25) is 0 Å². The molecule has 0 saturated heterocycles.